The van der Waals surface area contributed by atoms with Gasteiger partial charge in [-0.15, -0.1) is 0 Å². The number of carbonyl (C=O) groups excluding carboxylic acids is 1. The molecule has 1 N–H and O–H groups in total. The average molecular weight is 371 g/mol. The van der Waals surface area contributed by atoms with Crippen molar-refractivity contribution in [1.29, 1.82) is 0 Å². The van der Waals surface area contributed by atoms with Crippen molar-refractivity contribution in [2.24, 2.45) is 0 Å². The first kappa shape index (κ1) is 17.3. The van der Waals surface area contributed by atoms with Gasteiger partial charge in [-0.3, -0.25) is 4.79 Å². The second kappa shape index (κ2) is 6.07. The zero-order valence-corrected chi connectivity index (χ0v) is 13.4. The number of hydrogen-bond donors (Lipinski definition) is 1. The van der Waals surface area contributed by atoms with Crippen molar-refractivity contribution >= 4 is 21.7 Å². The monoisotopic (exact) mass is 371 g/mol. The van der Waals surface area contributed by atoms with E-state index in [1.807, 2.05) is 0 Å². The quantitative estimate of drug-likeness (QED) is 0.840. The standard InChI is InChI=1S/C16H12F3NO4S/c17-16(18,19)11-2-5-13(6-3-11)25(22,23)24-12-4-7-14-10(9-12)1-8-15(21)20-14/h2-7,9H,1,8H2,(H,20,21). The lowest BCUT2D eigenvalue weighted by molar-refractivity contribution is -0.137. The van der Waals surface area contributed by atoms with Gasteiger partial charge in [-0.2, -0.15) is 21.6 Å². The van der Waals surface area contributed by atoms with Crippen LogP contribution in [0.1, 0.15) is 17.5 Å². The molecule has 5 nitrogen and oxygen atoms in total. The van der Waals surface area contributed by atoms with Crippen LogP contribution in [0.2, 0.25) is 0 Å². The van der Waals surface area contributed by atoms with E-state index in [1.54, 1.807) is 0 Å². The van der Waals surface area contributed by atoms with Crippen LogP contribution in [0.4, 0.5) is 18.9 Å². The molecule has 0 fully saturated rings. The van der Waals surface area contributed by atoms with Crippen LogP contribution in [0, 0.1) is 0 Å². The van der Waals surface area contributed by atoms with E-state index in [4.69, 9.17) is 4.18 Å². The van der Waals surface area contributed by atoms with Crippen LogP contribution in [-0.4, -0.2) is 14.3 Å². The molecule has 1 amide bonds. The summed E-state index contributed by atoms with van der Waals surface area (Å²) in [6, 6.07) is 7.41. The molecule has 1 aliphatic heterocycles. The first-order valence-electron chi connectivity index (χ1n) is 7.20. The summed E-state index contributed by atoms with van der Waals surface area (Å²) in [5.41, 5.74) is 0.353. The van der Waals surface area contributed by atoms with E-state index in [0.717, 1.165) is 17.7 Å². The van der Waals surface area contributed by atoms with Gasteiger partial charge in [0.15, 0.2) is 0 Å². The molecule has 0 radical (unpaired) electrons. The highest BCUT2D eigenvalue weighted by molar-refractivity contribution is 7.87. The Labute approximate surface area is 141 Å². The third-order valence-corrected chi connectivity index (χ3v) is 4.91. The molecule has 2 aromatic carbocycles. The summed E-state index contributed by atoms with van der Waals surface area (Å²) < 4.78 is 67.0. The number of carbonyl (C=O) groups is 1. The molecule has 0 bridgehead atoms. The normalized spacial score (nSPS) is 14.6. The number of anilines is 1. The van der Waals surface area contributed by atoms with Gasteiger partial charge in [-0.05, 0) is 54.4 Å². The molecule has 0 aliphatic carbocycles. The molecule has 0 aromatic heterocycles. The molecule has 0 saturated heterocycles. The van der Waals surface area contributed by atoms with Gasteiger partial charge >= 0.3 is 16.3 Å². The maximum atomic E-state index is 12.5. The summed E-state index contributed by atoms with van der Waals surface area (Å²) >= 11 is 0. The maximum absolute atomic E-state index is 12.5. The van der Waals surface area contributed by atoms with Crippen molar-refractivity contribution in [3.05, 3.63) is 53.6 Å². The Bertz CT molecular complexity index is 921. The highest BCUT2D eigenvalue weighted by atomic mass is 32.2. The minimum absolute atomic E-state index is 0.0230. The molecule has 1 heterocycles. The lowest BCUT2D eigenvalue weighted by Crippen LogP contribution is -2.19. The van der Waals surface area contributed by atoms with E-state index in [9.17, 15) is 26.4 Å². The molecule has 0 spiro atoms. The summed E-state index contributed by atoms with van der Waals surface area (Å²) in [6.45, 7) is 0. The fraction of sp³-hybridized carbons (Fsp3) is 0.188. The second-order valence-electron chi connectivity index (χ2n) is 5.43. The number of aryl methyl sites for hydroxylation is 1. The minimum atomic E-state index is -4.55. The summed E-state index contributed by atoms with van der Waals surface area (Å²) in [6.07, 6.45) is -3.83. The Morgan fingerprint density at radius 2 is 1.68 bits per heavy atom. The van der Waals surface area contributed by atoms with Crippen molar-refractivity contribution in [3.63, 3.8) is 0 Å². The molecule has 3 rings (SSSR count). The predicted octanol–water partition coefficient (Wildman–Crippen LogP) is 3.36. The van der Waals surface area contributed by atoms with Gasteiger partial charge in [0, 0.05) is 12.1 Å². The number of fused-ring (bicyclic) bond motifs is 1. The highest BCUT2D eigenvalue weighted by Gasteiger charge is 2.31. The van der Waals surface area contributed by atoms with Crippen LogP contribution in [0.5, 0.6) is 5.75 Å². The SMILES string of the molecule is O=C1CCc2cc(OS(=O)(=O)c3ccc(C(F)(F)F)cc3)ccc2N1. The fourth-order valence-corrected chi connectivity index (χ4v) is 3.32. The lowest BCUT2D eigenvalue weighted by Gasteiger charge is -2.17. The summed E-state index contributed by atoms with van der Waals surface area (Å²) in [5.74, 6) is -0.103. The molecule has 0 saturated carbocycles. The number of hydrogen-bond acceptors (Lipinski definition) is 4. The number of rotatable bonds is 3. The number of halogens is 3. The second-order valence-corrected chi connectivity index (χ2v) is 6.97. The third-order valence-electron chi connectivity index (χ3n) is 3.65. The summed E-state index contributed by atoms with van der Waals surface area (Å²) in [7, 11) is -4.27. The van der Waals surface area contributed by atoms with E-state index in [2.05, 4.69) is 5.32 Å². The molecule has 132 valence electrons. The van der Waals surface area contributed by atoms with Crippen LogP contribution < -0.4 is 9.50 Å². The van der Waals surface area contributed by atoms with E-state index < -0.39 is 21.9 Å². The minimum Gasteiger partial charge on any atom is -0.379 e. The number of benzene rings is 2. The van der Waals surface area contributed by atoms with Gasteiger partial charge < -0.3 is 9.50 Å². The topological polar surface area (TPSA) is 72.5 Å². The fourth-order valence-electron chi connectivity index (χ4n) is 2.40. The van der Waals surface area contributed by atoms with E-state index in [1.165, 1.54) is 18.2 Å². The van der Waals surface area contributed by atoms with Crippen molar-refractivity contribution in [3.8, 4) is 5.75 Å². The molecule has 0 unspecified atom stereocenters. The van der Waals surface area contributed by atoms with E-state index in [0.29, 0.717) is 24.2 Å². The van der Waals surface area contributed by atoms with Gasteiger partial charge in [0.2, 0.25) is 5.91 Å². The number of nitrogens with one attached hydrogen (secondary N) is 1. The molecule has 2 aromatic rings. The lowest BCUT2D eigenvalue weighted by atomic mass is 10.0. The molecule has 25 heavy (non-hydrogen) atoms. The third kappa shape index (κ3) is 3.76. The van der Waals surface area contributed by atoms with Crippen molar-refractivity contribution in [2.75, 3.05) is 5.32 Å². The van der Waals surface area contributed by atoms with Crippen LogP contribution >= 0.6 is 0 Å². The van der Waals surface area contributed by atoms with E-state index >= 15 is 0 Å². The molecule has 1 aliphatic rings. The summed E-state index contributed by atoms with van der Waals surface area (Å²) in [5, 5.41) is 2.65. The molecule has 0 atom stereocenters. The van der Waals surface area contributed by atoms with Gasteiger partial charge in [0.05, 0.1) is 5.56 Å². The molecule has 9 heteroatoms. The Kier molecular flexibility index (Phi) is 4.19. The number of alkyl halides is 3. The Morgan fingerprint density at radius 1 is 1.00 bits per heavy atom. The van der Waals surface area contributed by atoms with Crippen molar-refractivity contribution < 1.29 is 30.6 Å². The predicted molar refractivity (Wildman–Crippen MR) is 82.7 cm³/mol. The van der Waals surface area contributed by atoms with Crippen molar-refractivity contribution in [1.82, 2.24) is 0 Å². The van der Waals surface area contributed by atoms with Gasteiger partial charge in [-0.25, -0.2) is 0 Å². The smallest absolute Gasteiger partial charge is 0.379 e. The average Bonchev–Trinajstić information content (AvgIpc) is 2.54. The van der Waals surface area contributed by atoms with Gasteiger partial charge in [-0.1, -0.05) is 0 Å². The Balaban J connectivity index is 1.83. The summed E-state index contributed by atoms with van der Waals surface area (Å²) in [4.78, 5) is 10.9. The maximum Gasteiger partial charge on any atom is 0.416 e. The molecular formula is C16H12F3NO4S. The zero-order valence-electron chi connectivity index (χ0n) is 12.6. The van der Waals surface area contributed by atoms with Crippen molar-refractivity contribution in [2.45, 2.75) is 23.9 Å². The van der Waals surface area contributed by atoms with Gasteiger partial charge in [0.1, 0.15) is 10.6 Å². The molecular weight excluding hydrogens is 359 g/mol. The van der Waals surface area contributed by atoms with Crippen LogP contribution in [0.15, 0.2) is 47.4 Å². The number of amides is 1. The van der Waals surface area contributed by atoms with Gasteiger partial charge in [0.25, 0.3) is 0 Å². The largest absolute Gasteiger partial charge is 0.416 e. The highest BCUT2D eigenvalue weighted by Crippen LogP contribution is 2.31. The zero-order chi connectivity index (χ0) is 18.2. The van der Waals surface area contributed by atoms with Crippen LogP contribution in [0.25, 0.3) is 0 Å². The van der Waals surface area contributed by atoms with Crippen LogP contribution in [0.3, 0.4) is 0 Å². The first-order chi connectivity index (χ1) is 11.6. The first-order valence-corrected chi connectivity index (χ1v) is 8.60. The van der Waals surface area contributed by atoms with Crippen LogP contribution in [-0.2, 0) is 27.5 Å². The van der Waals surface area contributed by atoms with E-state index in [-0.39, 0.29) is 23.0 Å². The Hall–Kier alpha value is -2.55. The Morgan fingerprint density at radius 3 is 2.32 bits per heavy atom.